The van der Waals surface area contributed by atoms with E-state index < -0.39 is 11.7 Å². The molecular formula is C17H19N3O3. The van der Waals surface area contributed by atoms with Gasteiger partial charge in [-0.1, -0.05) is 6.07 Å². The average molecular weight is 313 g/mol. The van der Waals surface area contributed by atoms with Gasteiger partial charge in [0.1, 0.15) is 11.4 Å². The maximum absolute atomic E-state index is 12.1. The van der Waals surface area contributed by atoms with Gasteiger partial charge in [0.15, 0.2) is 0 Å². The zero-order valence-corrected chi connectivity index (χ0v) is 13.3. The Balaban J connectivity index is 1.96. The fraction of sp³-hybridized carbons (Fsp3) is 0.235. The van der Waals surface area contributed by atoms with Gasteiger partial charge in [-0.05, 0) is 57.2 Å². The first-order chi connectivity index (χ1) is 10.8. The lowest BCUT2D eigenvalue weighted by Crippen LogP contribution is -2.27. The first-order valence-electron chi connectivity index (χ1n) is 7.16. The minimum Gasteiger partial charge on any atom is -0.444 e. The van der Waals surface area contributed by atoms with Gasteiger partial charge in [-0.15, -0.1) is 0 Å². The Morgan fingerprint density at radius 2 is 1.70 bits per heavy atom. The molecule has 23 heavy (non-hydrogen) atoms. The summed E-state index contributed by atoms with van der Waals surface area (Å²) < 4.78 is 5.16. The second kappa shape index (κ2) is 6.91. The number of carbonyl (C=O) groups excluding carboxylic acids is 2. The van der Waals surface area contributed by atoms with Gasteiger partial charge in [-0.25, -0.2) is 9.78 Å². The molecule has 0 aliphatic carbocycles. The summed E-state index contributed by atoms with van der Waals surface area (Å²) in [6.07, 6.45) is 1.06. The van der Waals surface area contributed by atoms with Crippen molar-refractivity contribution in [2.75, 3.05) is 10.6 Å². The number of nitrogens with one attached hydrogen (secondary N) is 2. The van der Waals surface area contributed by atoms with E-state index >= 15 is 0 Å². The number of benzene rings is 1. The van der Waals surface area contributed by atoms with Crippen LogP contribution >= 0.6 is 0 Å². The van der Waals surface area contributed by atoms with Crippen molar-refractivity contribution in [3.05, 3.63) is 54.2 Å². The zero-order valence-electron chi connectivity index (χ0n) is 13.3. The summed E-state index contributed by atoms with van der Waals surface area (Å²) in [6, 6.07) is 11.8. The van der Waals surface area contributed by atoms with E-state index in [1.807, 2.05) is 0 Å². The highest BCUT2D eigenvalue weighted by atomic mass is 16.6. The Bertz CT molecular complexity index is 676. The number of anilines is 2. The molecule has 1 heterocycles. The highest BCUT2D eigenvalue weighted by Gasteiger charge is 2.16. The molecular weight excluding hydrogens is 294 g/mol. The molecule has 0 bridgehead atoms. The Labute approximate surface area is 134 Å². The van der Waals surface area contributed by atoms with Crippen molar-refractivity contribution in [2.24, 2.45) is 0 Å². The number of carbonyl (C=O) groups is 2. The third-order valence-electron chi connectivity index (χ3n) is 2.70. The van der Waals surface area contributed by atoms with E-state index in [4.69, 9.17) is 4.74 Å². The van der Waals surface area contributed by atoms with Gasteiger partial charge in [0, 0.05) is 17.4 Å². The Kier molecular flexibility index (Phi) is 4.95. The predicted octanol–water partition coefficient (Wildman–Crippen LogP) is 3.68. The molecule has 1 aromatic carbocycles. The Morgan fingerprint density at radius 3 is 2.26 bits per heavy atom. The van der Waals surface area contributed by atoms with Crippen molar-refractivity contribution in [3.63, 3.8) is 0 Å². The lowest BCUT2D eigenvalue weighted by Gasteiger charge is -2.19. The molecule has 0 saturated carbocycles. The van der Waals surface area contributed by atoms with Crippen LogP contribution in [0.25, 0.3) is 0 Å². The van der Waals surface area contributed by atoms with Gasteiger partial charge < -0.3 is 10.1 Å². The number of pyridine rings is 1. The molecule has 0 saturated heterocycles. The zero-order chi connectivity index (χ0) is 16.9. The summed E-state index contributed by atoms with van der Waals surface area (Å²) in [5.74, 6) is 0.209. The summed E-state index contributed by atoms with van der Waals surface area (Å²) in [6.45, 7) is 5.37. The number of amides is 2. The minimum atomic E-state index is -0.563. The number of nitrogens with zero attached hydrogens (tertiary/aromatic N) is 1. The molecule has 0 atom stereocenters. The number of aromatic nitrogens is 1. The van der Waals surface area contributed by atoms with Crippen LogP contribution in [0.2, 0.25) is 0 Å². The van der Waals surface area contributed by atoms with Crippen LogP contribution in [0.4, 0.5) is 16.3 Å². The van der Waals surface area contributed by atoms with Crippen LogP contribution in [0, 0.1) is 0 Å². The lowest BCUT2D eigenvalue weighted by molar-refractivity contribution is 0.0636. The first-order valence-corrected chi connectivity index (χ1v) is 7.16. The Morgan fingerprint density at radius 1 is 1.00 bits per heavy atom. The van der Waals surface area contributed by atoms with Gasteiger partial charge in [0.05, 0.1) is 0 Å². The fourth-order valence-electron chi connectivity index (χ4n) is 1.75. The standard InChI is InChI=1S/C17H19N3O3/c1-17(2,3)23-16(22)19-13-9-7-12(8-10-13)15(21)20-14-6-4-5-11-18-14/h4-11H,1-3H3,(H,19,22)(H,18,20,21). The number of ether oxygens (including phenoxy) is 1. The van der Waals surface area contributed by atoms with Crippen LogP contribution in [0.5, 0.6) is 0 Å². The van der Waals surface area contributed by atoms with Crippen molar-refractivity contribution in [1.29, 1.82) is 0 Å². The molecule has 0 unspecified atom stereocenters. The Hall–Kier alpha value is -2.89. The first kappa shape index (κ1) is 16.5. The molecule has 2 rings (SSSR count). The third kappa shape index (κ3) is 5.43. The molecule has 2 aromatic rings. The topological polar surface area (TPSA) is 80.3 Å². The maximum Gasteiger partial charge on any atom is 0.412 e. The molecule has 120 valence electrons. The molecule has 0 aliphatic rings. The van der Waals surface area contributed by atoms with Crippen LogP contribution in [-0.2, 0) is 4.74 Å². The smallest absolute Gasteiger partial charge is 0.412 e. The molecule has 6 nitrogen and oxygen atoms in total. The fourth-order valence-corrected chi connectivity index (χ4v) is 1.75. The van der Waals surface area contributed by atoms with Crippen molar-refractivity contribution in [1.82, 2.24) is 4.98 Å². The van der Waals surface area contributed by atoms with Crippen LogP contribution in [-0.4, -0.2) is 22.6 Å². The van der Waals surface area contributed by atoms with Crippen molar-refractivity contribution < 1.29 is 14.3 Å². The molecule has 0 fully saturated rings. The van der Waals surface area contributed by atoms with Crippen molar-refractivity contribution >= 4 is 23.5 Å². The summed E-state index contributed by atoms with van der Waals surface area (Å²) in [5.41, 5.74) is 0.450. The summed E-state index contributed by atoms with van der Waals surface area (Å²) in [4.78, 5) is 27.8. The average Bonchev–Trinajstić information content (AvgIpc) is 2.47. The molecule has 0 aliphatic heterocycles. The molecule has 2 N–H and O–H groups in total. The molecule has 6 heteroatoms. The quantitative estimate of drug-likeness (QED) is 0.905. The van der Waals surface area contributed by atoms with Gasteiger partial charge in [0.2, 0.25) is 0 Å². The highest BCUT2D eigenvalue weighted by molar-refractivity contribution is 6.04. The van der Waals surface area contributed by atoms with E-state index in [1.165, 1.54) is 0 Å². The summed E-state index contributed by atoms with van der Waals surface area (Å²) >= 11 is 0. The van der Waals surface area contributed by atoms with E-state index in [0.29, 0.717) is 17.1 Å². The molecule has 1 aromatic heterocycles. The van der Waals surface area contributed by atoms with Crippen LogP contribution in [0.15, 0.2) is 48.7 Å². The van der Waals surface area contributed by atoms with E-state index in [9.17, 15) is 9.59 Å². The second-order valence-corrected chi connectivity index (χ2v) is 5.87. The predicted molar refractivity (Wildman–Crippen MR) is 88.5 cm³/mol. The van der Waals surface area contributed by atoms with Gasteiger partial charge in [0.25, 0.3) is 5.91 Å². The summed E-state index contributed by atoms with van der Waals surface area (Å²) in [5, 5.41) is 5.30. The van der Waals surface area contributed by atoms with Crippen LogP contribution in [0.1, 0.15) is 31.1 Å². The monoisotopic (exact) mass is 313 g/mol. The molecule has 0 spiro atoms. The van der Waals surface area contributed by atoms with Crippen LogP contribution < -0.4 is 10.6 Å². The normalized spacial score (nSPS) is 10.7. The third-order valence-corrected chi connectivity index (χ3v) is 2.70. The maximum atomic E-state index is 12.1. The van der Waals surface area contributed by atoms with E-state index in [1.54, 1.807) is 69.4 Å². The molecule has 0 radical (unpaired) electrons. The number of rotatable bonds is 3. The van der Waals surface area contributed by atoms with E-state index in [0.717, 1.165) is 0 Å². The van der Waals surface area contributed by atoms with Crippen molar-refractivity contribution in [3.8, 4) is 0 Å². The largest absolute Gasteiger partial charge is 0.444 e. The number of hydrogen-bond donors (Lipinski definition) is 2. The van der Waals surface area contributed by atoms with E-state index in [2.05, 4.69) is 15.6 Å². The minimum absolute atomic E-state index is 0.271. The summed E-state index contributed by atoms with van der Waals surface area (Å²) in [7, 11) is 0. The SMILES string of the molecule is CC(C)(C)OC(=O)Nc1ccc(C(=O)Nc2ccccn2)cc1. The van der Waals surface area contributed by atoms with Gasteiger partial charge in [-0.2, -0.15) is 0 Å². The second-order valence-electron chi connectivity index (χ2n) is 5.87. The van der Waals surface area contributed by atoms with Crippen molar-refractivity contribution in [2.45, 2.75) is 26.4 Å². The lowest BCUT2D eigenvalue weighted by atomic mass is 10.2. The molecule has 2 amide bonds. The van der Waals surface area contributed by atoms with Gasteiger partial charge in [-0.3, -0.25) is 10.1 Å². The van der Waals surface area contributed by atoms with E-state index in [-0.39, 0.29) is 5.91 Å². The highest BCUT2D eigenvalue weighted by Crippen LogP contribution is 2.14. The van der Waals surface area contributed by atoms with Crippen LogP contribution in [0.3, 0.4) is 0 Å². The number of hydrogen-bond acceptors (Lipinski definition) is 4. The van der Waals surface area contributed by atoms with Gasteiger partial charge >= 0.3 is 6.09 Å².